The molecular formula is C10H10ClF3N2O2. The van der Waals surface area contributed by atoms with Gasteiger partial charge in [-0.1, -0.05) is 17.7 Å². The van der Waals surface area contributed by atoms with Crippen molar-refractivity contribution < 1.29 is 18.1 Å². The van der Waals surface area contributed by atoms with Crippen LogP contribution in [0.5, 0.6) is 0 Å². The van der Waals surface area contributed by atoms with Gasteiger partial charge in [0.1, 0.15) is 5.69 Å². The Morgan fingerprint density at radius 1 is 1.50 bits per heavy atom. The highest BCUT2D eigenvalue weighted by molar-refractivity contribution is 6.33. The van der Waals surface area contributed by atoms with E-state index < -0.39 is 23.6 Å². The molecule has 0 aromatic heterocycles. The molecule has 1 N–H and O–H groups in total. The summed E-state index contributed by atoms with van der Waals surface area (Å²) in [5.74, 6) is 0. The molecule has 100 valence electrons. The molecule has 1 unspecified atom stereocenters. The first-order chi connectivity index (χ1) is 8.20. The van der Waals surface area contributed by atoms with Crippen molar-refractivity contribution in [1.82, 2.24) is 0 Å². The number of anilines is 1. The third-order valence-electron chi connectivity index (χ3n) is 2.12. The summed E-state index contributed by atoms with van der Waals surface area (Å²) >= 11 is 5.74. The fraction of sp³-hybridized carbons (Fsp3) is 0.400. The zero-order chi connectivity index (χ0) is 13.9. The van der Waals surface area contributed by atoms with E-state index in [0.717, 1.165) is 0 Å². The molecule has 18 heavy (non-hydrogen) atoms. The maximum absolute atomic E-state index is 12.2. The van der Waals surface area contributed by atoms with E-state index in [-0.39, 0.29) is 16.4 Å². The number of nitro groups is 1. The van der Waals surface area contributed by atoms with Crippen LogP contribution >= 0.6 is 11.6 Å². The van der Waals surface area contributed by atoms with E-state index in [1.807, 2.05) is 0 Å². The van der Waals surface area contributed by atoms with Gasteiger partial charge in [-0.15, -0.1) is 0 Å². The zero-order valence-corrected chi connectivity index (χ0v) is 10.0. The number of alkyl halides is 3. The Morgan fingerprint density at radius 3 is 2.61 bits per heavy atom. The lowest BCUT2D eigenvalue weighted by atomic mass is 10.2. The van der Waals surface area contributed by atoms with Crippen LogP contribution in [0.4, 0.5) is 24.5 Å². The van der Waals surface area contributed by atoms with Gasteiger partial charge in [0.15, 0.2) is 0 Å². The summed E-state index contributed by atoms with van der Waals surface area (Å²) < 4.78 is 36.5. The number of nitrogens with zero attached hydrogens (tertiary/aromatic N) is 1. The van der Waals surface area contributed by atoms with E-state index >= 15 is 0 Å². The largest absolute Gasteiger partial charge is 0.391 e. The number of halogens is 4. The summed E-state index contributed by atoms with van der Waals surface area (Å²) in [5.41, 5.74) is -0.447. The van der Waals surface area contributed by atoms with Crippen LogP contribution in [0.25, 0.3) is 0 Å². The highest BCUT2D eigenvalue weighted by Crippen LogP contribution is 2.33. The van der Waals surface area contributed by atoms with Crippen molar-refractivity contribution >= 4 is 23.0 Å². The Bertz CT molecular complexity index is 451. The van der Waals surface area contributed by atoms with Crippen LogP contribution in [-0.4, -0.2) is 17.1 Å². The van der Waals surface area contributed by atoms with Crippen molar-refractivity contribution in [3.05, 3.63) is 33.3 Å². The number of para-hydroxylation sites is 1. The minimum Gasteiger partial charge on any atom is -0.375 e. The fourth-order valence-corrected chi connectivity index (χ4v) is 1.68. The first-order valence-electron chi connectivity index (χ1n) is 4.97. The molecule has 0 aliphatic carbocycles. The van der Waals surface area contributed by atoms with Crippen molar-refractivity contribution in [2.45, 2.75) is 25.6 Å². The Labute approximate surface area is 106 Å². The smallest absolute Gasteiger partial charge is 0.375 e. The van der Waals surface area contributed by atoms with E-state index in [0.29, 0.717) is 0 Å². The number of rotatable bonds is 4. The second kappa shape index (κ2) is 5.43. The predicted octanol–water partition coefficient (Wildman–Crippen LogP) is 4.00. The van der Waals surface area contributed by atoms with Crippen molar-refractivity contribution in [2.75, 3.05) is 5.32 Å². The lowest BCUT2D eigenvalue weighted by Gasteiger charge is -2.17. The van der Waals surface area contributed by atoms with E-state index in [1.54, 1.807) is 0 Å². The standard InChI is InChI=1S/C10H10ClF3N2O2/c1-6(5-10(12,13)14)15-9-7(11)3-2-4-8(9)16(17)18/h2-4,6,15H,5H2,1H3. The van der Waals surface area contributed by atoms with Crippen LogP contribution in [0.15, 0.2) is 18.2 Å². The van der Waals surface area contributed by atoms with Crippen LogP contribution in [0, 0.1) is 10.1 Å². The maximum Gasteiger partial charge on any atom is 0.391 e. The van der Waals surface area contributed by atoms with Crippen LogP contribution < -0.4 is 5.32 Å². The summed E-state index contributed by atoms with van der Waals surface area (Å²) in [4.78, 5) is 10.0. The molecule has 0 fully saturated rings. The molecule has 0 aliphatic rings. The number of nitrogens with one attached hydrogen (secondary N) is 1. The van der Waals surface area contributed by atoms with Crippen LogP contribution in [0.2, 0.25) is 5.02 Å². The molecule has 0 amide bonds. The summed E-state index contributed by atoms with van der Waals surface area (Å²) in [6, 6.07) is 2.90. The molecule has 1 aromatic rings. The molecular weight excluding hydrogens is 273 g/mol. The van der Waals surface area contributed by atoms with E-state index in [4.69, 9.17) is 11.6 Å². The molecule has 0 heterocycles. The highest BCUT2D eigenvalue weighted by Gasteiger charge is 2.31. The van der Waals surface area contributed by atoms with Gasteiger partial charge in [-0.3, -0.25) is 10.1 Å². The molecule has 0 radical (unpaired) electrons. The van der Waals surface area contributed by atoms with Gasteiger partial charge in [-0.05, 0) is 13.0 Å². The fourth-order valence-electron chi connectivity index (χ4n) is 1.45. The molecule has 8 heteroatoms. The monoisotopic (exact) mass is 282 g/mol. The zero-order valence-electron chi connectivity index (χ0n) is 9.29. The molecule has 4 nitrogen and oxygen atoms in total. The van der Waals surface area contributed by atoms with Crippen molar-refractivity contribution in [3.8, 4) is 0 Å². The molecule has 0 bridgehead atoms. The quantitative estimate of drug-likeness (QED) is 0.671. The van der Waals surface area contributed by atoms with Crippen LogP contribution in [0.3, 0.4) is 0 Å². The van der Waals surface area contributed by atoms with Crippen molar-refractivity contribution in [3.63, 3.8) is 0 Å². The van der Waals surface area contributed by atoms with Gasteiger partial charge in [0, 0.05) is 12.1 Å². The molecule has 1 aromatic carbocycles. The van der Waals surface area contributed by atoms with Crippen molar-refractivity contribution in [1.29, 1.82) is 0 Å². The van der Waals surface area contributed by atoms with Gasteiger partial charge < -0.3 is 5.32 Å². The average molecular weight is 283 g/mol. The van der Waals surface area contributed by atoms with Crippen LogP contribution in [-0.2, 0) is 0 Å². The van der Waals surface area contributed by atoms with Crippen LogP contribution in [0.1, 0.15) is 13.3 Å². The molecule has 1 atom stereocenters. The number of nitro benzene ring substituents is 1. The van der Waals surface area contributed by atoms with Gasteiger partial charge >= 0.3 is 6.18 Å². The van der Waals surface area contributed by atoms with Gasteiger partial charge in [0.25, 0.3) is 5.69 Å². The predicted molar refractivity (Wildman–Crippen MR) is 61.9 cm³/mol. The molecule has 0 saturated carbocycles. The van der Waals surface area contributed by atoms with Gasteiger partial charge in [-0.2, -0.15) is 13.2 Å². The Hall–Kier alpha value is -1.50. The van der Waals surface area contributed by atoms with E-state index in [9.17, 15) is 23.3 Å². The Kier molecular flexibility index (Phi) is 4.39. The second-order valence-corrected chi connectivity index (χ2v) is 4.16. The first-order valence-corrected chi connectivity index (χ1v) is 5.34. The lowest BCUT2D eigenvalue weighted by molar-refractivity contribution is -0.384. The topological polar surface area (TPSA) is 55.2 Å². The minimum atomic E-state index is -4.34. The second-order valence-electron chi connectivity index (χ2n) is 3.76. The summed E-state index contributed by atoms with van der Waals surface area (Å²) in [6.07, 6.45) is -5.45. The first kappa shape index (κ1) is 14.6. The summed E-state index contributed by atoms with van der Waals surface area (Å²) in [6.45, 7) is 1.28. The third kappa shape index (κ3) is 4.06. The van der Waals surface area contributed by atoms with Gasteiger partial charge in [0.05, 0.1) is 16.4 Å². The van der Waals surface area contributed by atoms with E-state index in [2.05, 4.69) is 5.32 Å². The van der Waals surface area contributed by atoms with Gasteiger partial charge in [0.2, 0.25) is 0 Å². The third-order valence-corrected chi connectivity index (χ3v) is 2.43. The van der Waals surface area contributed by atoms with Crippen molar-refractivity contribution in [2.24, 2.45) is 0 Å². The Morgan fingerprint density at radius 2 is 2.11 bits per heavy atom. The molecule has 0 aliphatic heterocycles. The molecule has 0 spiro atoms. The van der Waals surface area contributed by atoms with Gasteiger partial charge in [-0.25, -0.2) is 0 Å². The van der Waals surface area contributed by atoms with E-state index in [1.165, 1.54) is 25.1 Å². The number of hydrogen-bond donors (Lipinski definition) is 1. The minimum absolute atomic E-state index is 0.0122. The summed E-state index contributed by atoms with van der Waals surface area (Å²) in [5, 5.41) is 13.2. The molecule has 1 rings (SSSR count). The lowest BCUT2D eigenvalue weighted by Crippen LogP contribution is -2.24. The maximum atomic E-state index is 12.2. The normalized spacial score (nSPS) is 13.2. The Balaban J connectivity index is 2.93. The highest BCUT2D eigenvalue weighted by atomic mass is 35.5. The average Bonchev–Trinajstić information content (AvgIpc) is 2.17. The number of hydrogen-bond acceptors (Lipinski definition) is 3. The SMILES string of the molecule is CC(CC(F)(F)F)Nc1c(Cl)cccc1[N+](=O)[O-]. The summed E-state index contributed by atoms with van der Waals surface area (Å²) in [7, 11) is 0. The molecule has 0 saturated heterocycles. The number of benzene rings is 1.